The van der Waals surface area contributed by atoms with Gasteiger partial charge >= 0.3 is 5.69 Å². The van der Waals surface area contributed by atoms with Crippen molar-refractivity contribution in [3.05, 3.63) is 33.9 Å². The number of hydrogen-bond donors (Lipinski definition) is 1. The van der Waals surface area contributed by atoms with Crippen LogP contribution in [0, 0.1) is 10.1 Å². The molecule has 0 saturated heterocycles. The van der Waals surface area contributed by atoms with E-state index in [2.05, 4.69) is 5.32 Å². The lowest BCUT2D eigenvalue weighted by Crippen LogP contribution is -2.12. The summed E-state index contributed by atoms with van der Waals surface area (Å²) in [6.07, 6.45) is 1.97. The lowest BCUT2D eigenvalue weighted by Gasteiger charge is -2.08. The molecule has 0 aliphatic rings. The Morgan fingerprint density at radius 3 is 2.89 bits per heavy atom. The third-order valence-corrected chi connectivity index (χ3v) is 2.92. The molecule has 100 valence electrons. The zero-order valence-corrected chi connectivity index (χ0v) is 11.5. The Kier molecular flexibility index (Phi) is 6.53. The second-order valence-corrected chi connectivity index (χ2v) is 4.67. The normalized spacial score (nSPS) is 10.3. The zero-order chi connectivity index (χ0) is 13.4. The van der Waals surface area contributed by atoms with Crippen molar-refractivity contribution in [2.45, 2.75) is 13.5 Å². The highest BCUT2D eigenvalue weighted by Gasteiger charge is 2.15. The highest BCUT2D eigenvalue weighted by Crippen LogP contribution is 2.28. The highest BCUT2D eigenvalue weighted by atomic mass is 32.2. The first kappa shape index (κ1) is 14.8. The van der Waals surface area contributed by atoms with E-state index in [9.17, 15) is 10.1 Å². The number of nitro groups is 1. The lowest BCUT2D eigenvalue weighted by molar-refractivity contribution is -0.385. The maximum absolute atomic E-state index is 10.9. The predicted molar refractivity (Wildman–Crippen MR) is 74.4 cm³/mol. The summed E-state index contributed by atoms with van der Waals surface area (Å²) in [7, 11) is 0. The van der Waals surface area contributed by atoms with E-state index in [1.54, 1.807) is 23.9 Å². The molecule has 0 heterocycles. The topological polar surface area (TPSA) is 64.4 Å². The van der Waals surface area contributed by atoms with Crippen LogP contribution in [0.5, 0.6) is 5.75 Å². The molecule has 0 fully saturated rings. The summed E-state index contributed by atoms with van der Waals surface area (Å²) in [5.41, 5.74) is 1.01. The van der Waals surface area contributed by atoms with Crippen molar-refractivity contribution in [2.75, 3.05) is 25.2 Å². The number of benzene rings is 1. The molecule has 6 heteroatoms. The molecule has 0 aliphatic heterocycles. The third-order valence-electron chi connectivity index (χ3n) is 2.35. The van der Waals surface area contributed by atoms with Gasteiger partial charge in [-0.05, 0) is 24.4 Å². The minimum atomic E-state index is -0.411. The van der Waals surface area contributed by atoms with Gasteiger partial charge in [-0.3, -0.25) is 10.1 Å². The third kappa shape index (κ3) is 4.54. The van der Waals surface area contributed by atoms with E-state index in [-0.39, 0.29) is 5.69 Å². The zero-order valence-electron chi connectivity index (χ0n) is 10.6. The van der Waals surface area contributed by atoms with Crippen LogP contribution in [0.2, 0.25) is 0 Å². The first-order valence-electron chi connectivity index (χ1n) is 5.78. The fourth-order valence-electron chi connectivity index (χ4n) is 1.44. The second kappa shape index (κ2) is 7.94. The number of ether oxygens (including phenoxy) is 1. The number of nitrogens with one attached hydrogen (secondary N) is 1. The Hall–Kier alpha value is -1.27. The molecule has 0 atom stereocenters. The van der Waals surface area contributed by atoms with Crippen LogP contribution in [-0.4, -0.2) is 30.1 Å². The van der Waals surface area contributed by atoms with Crippen LogP contribution >= 0.6 is 11.8 Å². The number of rotatable bonds is 8. The Morgan fingerprint density at radius 1 is 1.50 bits per heavy atom. The summed E-state index contributed by atoms with van der Waals surface area (Å²) in [5, 5.41) is 14.1. The predicted octanol–water partition coefficient (Wildman–Crippen LogP) is 2.45. The molecule has 0 aromatic heterocycles. The van der Waals surface area contributed by atoms with Gasteiger partial charge in [0.05, 0.1) is 11.5 Å². The van der Waals surface area contributed by atoms with E-state index < -0.39 is 4.92 Å². The van der Waals surface area contributed by atoms with Crippen LogP contribution < -0.4 is 10.1 Å². The average molecular weight is 270 g/mol. The SMILES string of the molecule is CCNCc1ccc([N+](=O)[O-])c(OCCSC)c1. The Bertz CT molecular complexity index is 399. The van der Waals surface area contributed by atoms with Gasteiger partial charge in [0.25, 0.3) is 0 Å². The number of hydrogen-bond acceptors (Lipinski definition) is 5. The van der Waals surface area contributed by atoms with Crippen LogP contribution in [0.4, 0.5) is 5.69 Å². The summed E-state index contributed by atoms with van der Waals surface area (Å²) in [4.78, 5) is 10.5. The molecular formula is C12H18N2O3S. The fourth-order valence-corrected chi connectivity index (χ4v) is 1.69. The molecule has 0 bridgehead atoms. The van der Waals surface area contributed by atoms with Crippen LogP contribution in [0.15, 0.2) is 18.2 Å². The summed E-state index contributed by atoms with van der Waals surface area (Å²) in [5.74, 6) is 1.17. The van der Waals surface area contributed by atoms with Gasteiger partial charge in [0, 0.05) is 18.4 Å². The van der Waals surface area contributed by atoms with E-state index in [4.69, 9.17) is 4.74 Å². The molecule has 5 nitrogen and oxygen atoms in total. The molecule has 0 unspecified atom stereocenters. The van der Waals surface area contributed by atoms with Crippen molar-refractivity contribution in [3.63, 3.8) is 0 Å². The maximum atomic E-state index is 10.9. The molecule has 0 aliphatic carbocycles. The smallest absolute Gasteiger partial charge is 0.310 e. The molecule has 1 aromatic carbocycles. The maximum Gasteiger partial charge on any atom is 0.310 e. The molecule has 0 amide bonds. The van der Waals surface area contributed by atoms with Crippen molar-refractivity contribution in [2.24, 2.45) is 0 Å². The van der Waals surface area contributed by atoms with Crippen molar-refractivity contribution in [1.82, 2.24) is 5.32 Å². The summed E-state index contributed by atoms with van der Waals surface area (Å²) in [6, 6.07) is 4.99. The van der Waals surface area contributed by atoms with Gasteiger partial charge in [0.15, 0.2) is 5.75 Å². The molecule has 1 N–H and O–H groups in total. The van der Waals surface area contributed by atoms with E-state index in [0.29, 0.717) is 18.9 Å². The Morgan fingerprint density at radius 2 is 2.28 bits per heavy atom. The number of thioether (sulfide) groups is 1. The van der Waals surface area contributed by atoms with Crippen molar-refractivity contribution >= 4 is 17.4 Å². The van der Waals surface area contributed by atoms with E-state index >= 15 is 0 Å². The standard InChI is InChI=1S/C12H18N2O3S/c1-3-13-9-10-4-5-11(14(15)16)12(8-10)17-6-7-18-2/h4-5,8,13H,3,6-7,9H2,1-2H3. The first-order valence-corrected chi connectivity index (χ1v) is 7.18. The molecule has 18 heavy (non-hydrogen) atoms. The molecule has 0 radical (unpaired) electrons. The summed E-state index contributed by atoms with van der Waals surface area (Å²) < 4.78 is 5.47. The van der Waals surface area contributed by atoms with Crippen LogP contribution in [0.1, 0.15) is 12.5 Å². The minimum Gasteiger partial charge on any atom is -0.486 e. The Balaban J connectivity index is 2.82. The minimum absolute atomic E-state index is 0.0244. The second-order valence-electron chi connectivity index (χ2n) is 3.68. The van der Waals surface area contributed by atoms with Gasteiger partial charge in [0.1, 0.15) is 0 Å². The van der Waals surface area contributed by atoms with Crippen LogP contribution in [0.3, 0.4) is 0 Å². The van der Waals surface area contributed by atoms with E-state index in [0.717, 1.165) is 17.9 Å². The summed E-state index contributed by atoms with van der Waals surface area (Å²) >= 11 is 1.65. The monoisotopic (exact) mass is 270 g/mol. The van der Waals surface area contributed by atoms with Crippen molar-refractivity contribution in [3.8, 4) is 5.75 Å². The molecule has 0 spiro atoms. The van der Waals surface area contributed by atoms with Gasteiger partial charge in [-0.15, -0.1) is 0 Å². The summed E-state index contributed by atoms with van der Waals surface area (Å²) in [6.45, 7) is 4.04. The fraction of sp³-hybridized carbons (Fsp3) is 0.500. The largest absolute Gasteiger partial charge is 0.486 e. The van der Waals surface area contributed by atoms with E-state index in [1.165, 1.54) is 6.07 Å². The molecule has 1 aromatic rings. The number of nitrogens with zero attached hydrogens (tertiary/aromatic N) is 1. The van der Waals surface area contributed by atoms with Crippen molar-refractivity contribution < 1.29 is 9.66 Å². The molecule has 0 saturated carbocycles. The van der Waals surface area contributed by atoms with Gasteiger partial charge in [-0.2, -0.15) is 11.8 Å². The average Bonchev–Trinajstić information content (AvgIpc) is 2.36. The molecule has 1 rings (SSSR count). The highest BCUT2D eigenvalue weighted by molar-refractivity contribution is 7.98. The van der Waals surface area contributed by atoms with Gasteiger partial charge < -0.3 is 10.1 Å². The molecular weight excluding hydrogens is 252 g/mol. The Labute approximate surface area is 111 Å². The van der Waals surface area contributed by atoms with Crippen LogP contribution in [-0.2, 0) is 6.54 Å². The van der Waals surface area contributed by atoms with Gasteiger partial charge in [-0.1, -0.05) is 13.0 Å². The number of nitro benzene ring substituents is 1. The van der Waals surface area contributed by atoms with Gasteiger partial charge in [-0.25, -0.2) is 0 Å². The quantitative estimate of drug-likeness (QED) is 0.446. The lowest BCUT2D eigenvalue weighted by atomic mass is 10.2. The van der Waals surface area contributed by atoms with Gasteiger partial charge in [0.2, 0.25) is 0 Å². The van der Waals surface area contributed by atoms with Crippen molar-refractivity contribution in [1.29, 1.82) is 0 Å². The first-order chi connectivity index (χ1) is 8.69. The van der Waals surface area contributed by atoms with E-state index in [1.807, 2.05) is 13.2 Å². The van der Waals surface area contributed by atoms with Crippen LogP contribution in [0.25, 0.3) is 0 Å².